The van der Waals surface area contributed by atoms with Crippen molar-refractivity contribution in [3.05, 3.63) is 52.9 Å². The van der Waals surface area contributed by atoms with Crippen LogP contribution in [0.3, 0.4) is 0 Å². The quantitative estimate of drug-likeness (QED) is 0.684. The number of ether oxygens (including phenoxy) is 2. The van der Waals surface area contributed by atoms with Gasteiger partial charge in [-0.2, -0.15) is 0 Å². The van der Waals surface area contributed by atoms with Crippen LogP contribution < -0.4 is 20.0 Å². The van der Waals surface area contributed by atoms with Gasteiger partial charge in [0.2, 0.25) is 6.79 Å². The summed E-state index contributed by atoms with van der Waals surface area (Å²) in [5.74, 6) is 1.06. The number of rotatable bonds is 1. The zero-order valence-corrected chi connectivity index (χ0v) is 10.8. The van der Waals surface area contributed by atoms with Gasteiger partial charge in [0.15, 0.2) is 16.9 Å². The molecule has 0 fully saturated rings. The van der Waals surface area contributed by atoms with Crippen molar-refractivity contribution >= 4 is 11.0 Å². The highest BCUT2D eigenvalue weighted by molar-refractivity contribution is 5.82. The summed E-state index contributed by atoms with van der Waals surface area (Å²) in [6.45, 7) is 0.178. The molecule has 0 saturated heterocycles. The average Bonchev–Trinajstić information content (AvgIpc) is 2.95. The van der Waals surface area contributed by atoms with E-state index in [0.717, 1.165) is 0 Å². The summed E-state index contributed by atoms with van der Waals surface area (Å²) in [6.07, 6.45) is 1.36. The molecule has 4 rings (SSSR count). The lowest BCUT2D eigenvalue weighted by Gasteiger charge is -2.07. The van der Waals surface area contributed by atoms with E-state index in [4.69, 9.17) is 13.9 Å². The van der Waals surface area contributed by atoms with Gasteiger partial charge in [0.05, 0.1) is 10.9 Å². The largest absolute Gasteiger partial charge is 0.872 e. The molecule has 0 saturated carbocycles. The first-order valence-electron chi connectivity index (χ1n) is 6.35. The smallest absolute Gasteiger partial charge is 0.231 e. The standard InChI is InChI=1S/C16H10O5/c17-10-2-3-11-14(6-10)19-7-12(16(11)18)9-1-4-13-15(5-9)21-8-20-13/h1-7,17H,8H2/p-1. The molecule has 0 unspecified atom stereocenters. The number of hydrogen-bond donors (Lipinski definition) is 0. The van der Waals surface area contributed by atoms with Gasteiger partial charge >= 0.3 is 0 Å². The molecule has 5 nitrogen and oxygen atoms in total. The van der Waals surface area contributed by atoms with Crippen LogP contribution in [0, 0.1) is 0 Å². The van der Waals surface area contributed by atoms with Crippen LogP contribution in [0.2, 0.25) is 0 Å². The van der Waals surface area contributed by atoms with Crippen LogP contribution in [0.15, 0.2) is 51.9 Å². The molecule has 5 heteroatoms. The number of hydrogen-bond acceptors (Lipinski definition) is 5. The first-order chi connectivity index (χ1) is 10.2. The Bertz CT molecular complexity index is 910. The van der Waals surface area contributed by atoms with Gasteiger partial charge in [0.1, 0.15) is 11.8 Å². The second kappa shape index (κ2) is 4.28. The number of fused-ring (bicyclic) bond motifs is 2. The summed E-state index contributed by atoms with van der Waals surface area (Å²) in [4.78, 5) is 12.5. The highest BCUT2D eigenvalue weighted by Gasteiger charge is 2.16. The minimum absolute atomic E-state index is 0.178. The summed E-state index contributed by atoms with van der Waals surface area (Å²) in [6, 6.07) is 9.40. The molecular formula is C16H9O5-. The Labute approximate surface area is 119 Å². The zero-order valence-electron chi connectivity index (χ0n) is 10.8. The third-order valence-corrected chi connectivity index (χ3v) is 3.43. The first kappa shape index (κ1) is 11.8. The fraction of sp³-hybridized carbons (Fsp3) is 0.0625. The minimum atomic E-state index is -0.193. The van der Waals surface area contributed by atoms with Crippen LogP contribution in [0.5, 0.6) is 17.2 Å². The Hall–Kier alpha value is -2.95. The second-order valence-electron chi connectivity index (χ2n) is 4.70. The van der Waals surface area contributed by atoms with Crippen molar-refractivity contribution in [2.24, 2.45) is 0 Å². The lowest BCUT2D eigenvalue weighted by Crippen LogP contribution is -2.05. The molecule has 0 amide bonds. The molecule has 1 aliphatic heterocycles. The molecule has 3 aromatic rings. The molecule has 0 spiro atoms. The predicted octanol–water partition coefficient (Wildman–Crippen LogP) is 2.26. The summed E-state index contributed by atoms with van der Waals surface area (Å²) in [5, 5.41) is 11.7. The molecule has 1 aromatic heterocycles. The molecule has 0 radical (unpaired) electrons. The fourth-order valence-corrected chi connectivity index (χ4v) is 2.37. The second-order valence-corrected chi connectivity index (χ2v) is 4.70. The molecule has 0 bridgehead atoms. The SMILES string of the molecule is O=c1c(-c2ccc3c(c2)OCO3)coc2cc([O-])ccc12. The Kier molecular flexibility index (Phi) is 2.41. The lowest BCUT2D eigenvalue weighted by molar-refractivity contribution is -0.268. The van der Waals surface area contributed by atoms with Crippen molar-refractivity contribution in [3.8, 4) is 28.4 Å². The molecular weight excluding hydrogens is 272 g/mol. The van der Waals surface area contributed by atoms with Crippen LogP contribution in [-0.4, -0.2) is 6.79 Å². The zero-order chi connectivity index (χ0) is 14.4. The van der Waals surface area contributed by atoms with Crippen LogP contribution in [0.1, 0.15) is 0 Å². The van der Waals surface area contributed by atoms with Crippen molar-refractivity contribution in [1.29, 1.82) is 0 Å². The Morgan fingerprint density at radius 2 is 1.86 bits per heavy atom. The van der Waals surface area contributed by atoms with Crippen molar-refractivity contribution in [2.45, 2.75) is 0 Å². The summed E-state index contributed by atoms with van der Waals surface area (Å²) >= 11 is 0. The predicted molar refractivity (Wildman–Crippen MR) is 73.5 cm³/mol. The van der Waals surface area contributed by atoms with E-state index in [1.54, 1.807) is 18.2 Å². The van der Waals surface area contributed by atoms with Crippen LogP contribution in [0.25, 0.3) is 22.1 Å². The van der Waals surface area contributed by atoms with Crippen molar-refractivity contribution in [3.63, 3.8) is 0 Å². The maximum Gasteiger partial charge on any atom is 0.231 e. The molecule has 1 aliphatic rings. The summed E-state index contributed by atoms with van der Waals surface area (Å²) < 4.78 is 16.0. The molecule has 0 N–H and O–H groups in total. The maximum atomic E-state index is 12.5. The van der Waals surface area contributed by atoms with Gasteiger partial charge in [0.25, 0.3) is 0 Å². The molecule has 0 aliphatic carbocycles. The molecule has 2 heterocycles. The average molecular weight is 281 g/mol. The van der Waals surface area contributed by atoms with E-state index < -0.39 is 0 Å². The topological polar surface area (TPSA) is 71.7 Å². The van der Waals surface area contributed by atoms with Gasteiger partial charge in [-0.15, -0.1) is 5.75 Å². The van der Waals surface area contributed by atoms with Gasteiger partial charge in [-0.3, -0.25) is 4.79 Å². The van der Waals surface area contributed by atoms with E-state index in [0.29, 0.717) is 28.0 Å². The minimum Gasteiger partial charge on any atom is -0.872 e. The van der Waals surface area contributed by atoms with E-state index in [1.165, 1.54) is 24.5 Å². The van der Waals surface area contributed by atoms with E-state index in [-0.39, 0.29) is 23.6 Å². The monoisotopic (exact) mass is 281 g/mol. The van der Waals surface area contributed by atoms with E-state index in [1.807, 2.05) is 0 Å². The third-order valence-electron chi connectivity index (χ3n) is 3.43. The van der Waals surface area contributed by atoms with Crippen LogP contribution in [0.4, 0.5) is 0 Å². The molecule has 21 heavy (non-hydrogen) atoms. The lowest BCUT2D eigenvalue weighted by atomic mass is 10.0. The Balaban J connectivity index is 1.93. The summed E-state index contributed by atoms with van der Waals surface area (Å²) in [7, 11) is 0. The summed E-state index contributed by atoms with van der Waals surface area (Å²) in [5.41, 5.74) is 1.20. The normalized spacial score (nSPS) is 12.8. The van der Waals surface area contributed by atoms with Crippen molar-refractivity contribution in [2.75, 3.05) is 6.79 Å². The third kappa shape index (κ3) is 1.82. The van der Waals surface area contributed by atoms with E-state index >= 15 is 0 Å². The highest BCUT2D eigenvalue weighted by atomic mass is 16.7. The molecule has 2 aromatic carbocycles. The highest BCUT2D eigenvalue weighted by Crippen LogP contribution is 2.35. The van der Waals surface area contributed by atoms with Gasteiger partial charge in [-0.1, -0.05) is 12.1 Å². The Morgan fingerprint density at radius 3 is 2.76 bits per heavy atom. The van der Waals surface area contributed by atoms with E-state index in [2.05, 4.69) is 0 Å². The van der Waals surface area contributed by atoms with Gasteiger partial charge in [-0.25, -0.2) is 0 Å². The molecule has 104 valence electrons. The maximum absolute atomic E-state index is 12.5. The van der Waals surface area contributed by atoms with Gasteiger partial charge < -0.3 is 19.0 Å². The van der Waals surface area contributed by atoms with Gasteiger partial charge in [-0.05, 0) is 29.8 Å². The van der Waals surface area contributed by atoms with E-state index in [9.17, 15) is 9.90 Å². The Morgan fingerprint density at radius 1 is 1.00 bits per heavy atom. The van der Waals surface area contributed by atoms with Crippen molar-refractivity contribution < 1.29 is 19.0 Å². The van der Waals surface area contributed by atoms with Crippen LogP contribution in [-0.2, 0) is 0 Å². The van der Waals surface area contributed by atoms with Gasteiger partial charge in [0, 0.05) is 0 Å². The van der Waals surface area contributed by atoms with Crippen LogP contribution >= 0.6 is 0 Å². The fourth-order valence-electron chi connectivity index (χ4n) is 2.37. The van der Waals surface area contributed by atoms with Crippen molar-refractivity contribution in [1.82, 2.24) is 0 Å². The first-order valence-corrected chi connectivity index (χ1v) is 6.35. The number of benzene rings is 2. The molecule has 0 atom stereocenters.